The normalized spacial score (nSPS) is 14.8. The molecule has 19 heavy (non-hydrogen) atoms. The molecule has 3 nitrogen and oxygen atoms in total. The zero-order valence-electron chi connectivity index (χ0n) is 11.1. The van der Waals surface area contributed by atoms with E-state index in [1.54, 1.807) is 0 Å². The fourth-order valence-corrected chi connectivity index (χ4v) is 2.65. The Morgan fingerprint density at radius 2 is 1.95 bits per heavy atom. The molecule has 3 rings (SSSR count). The molecule has 4 heteroatoms. The molecular formula is C15H18ClN3. The molecule has 0 saturated heterocycles. The van der Waals surface area contributed by atoms with Crippen LogP contribution in [0.2, 0.25) is 5.15 Å². The first-order chi connectivity index (χ1) is 9.31. The number of anilines is 1. The van der Waals surface area contributed by atoms with E-state index >= 15 is 0 Å². The molecule has 0 amide bonds. The Bertz CT molecular complexity index is 581. The summed E-state index contributed by atoms with van der Waals surface area (Å²) in [5.74, 6) is 0.996. The van der Waals surface area contributed by atoms with Gasteiger partial charge in [-0.3, -0.25) is 0 Å². The maximum absolute atomic E-state index is 6.14. The predicted molar refractivity (Wildman–Crippen MR) is 79.8 cm³/mol. The van der Waals surface area contributed by atoms with Crippen LogP contribution in [0.3, 0.4) is 0 Å². The largest absolute Gasteiger partial charge is 0.352 e. The number of halogens is 1. The van der Waals surface area contributed by atoms with Crippen LogP contribution in [0.25, 0.3) is 10.8 Å². The second kappa shape index (κ2) is 5.33. The van der Waals surface area contributed by atoms with E-state index in [1.165, 1.54) is 25.7 Å². The van der Waals surface area contributed by atoms with E-state index in [-0.39, 0.29) is 0 Å². The molecule has 0 aliphatic heterocycles. The van der Waals surface area contributed by atoms with Gasteiger partial charge in [-0.1, -0.05) is 49.2 Å². The molecule has 1 aliphatic carbocycles. The molecule has 0 bridgehead atoms. The van der Waals surface area contributed by atoms with E-state index in [0.717, 1.165) is 23.1 Å². The summed E-state index contributed by atoms with van der Waals surface area (Å²) in [6.07, 6.45) is 4.92. The molecule has 0 N–H and O–H groups in total. The molecule has 1 saturated carbocycles. The van der Waals surface area contributed by atoms with Crippen molar-refractivity contribution < 1.29 is 0 Å². The number of hydrogen-bond acceptors (Lipinski definition) is 3. The summed E-state index contributed by atoms with van der Waals surface area (Å²) < 4.78 is 0. The van der Waals surface area contributed by atoms with Gasteiger partial charge in [0.1, 0.15) is 0 Å². The van der Waals surface area contributed by atoms with E-state index < -0.39 is 0 Å². The third kappa shape index (κ3) is 2.52. The highest BCUT2D eigenvalue weighted by molar-refractivity contribution is 6.34. The van der Waals surface area contributed by atoms with Gasteiger partial charge in [0.2, 0.25) is 0 Å². The molecule has 0 spiro atoms. The van der Waals surface area contributed by atoms with Crippen LogP contribution in [0.1, 0.15) is 32.6 Å². The van der Waals surface area contributed by atoms with E-state index in [2.05, 4.69) is 28.1 Å². The molecule has 1 heterocycles. The zero-order chi connectivity index (χ0) is 13.2. The maximum Gasteiger partial charge on any atom is 0.159 e. The van der Waals surface area contributed by atoms with E-state index in [4.69, 9.17) is 11.6 Å². The summed E-state index contributed by atoms with van der Waals surface area (Å²) in [4.78, 5) is 2.41. The highest BCUT2D eigenvalue weighted by Crippen LogP contribution is 2.35. The Kier molecular flexibility index (Phi) is 3.56. The first-order valence-electron chi connectivity index (χ1n) is 6.99. The van der Waals surface area contributed by atoms with Gasteiger partial charge in [-0.25, -0.2) is 0 Å². The monoisotopic (exact) mass is 275 g/mol. The average Bonchev–Trinajstić information content (AvgIpc) is 3.26. The number of nitrogens with zero attached hydrogens (tertiary/aromatic N) is 3. The lowest BCUT2D eigenvalue weighted by Crippen LogP contribution is -2.28. The number of unbranched alkanes of at least 4 members (excludes halogenated alkanes) is 1. The molecule has 1 fully saturated rings. The summed E-state index contributed by atoms with van der Waals surface area (Å²) in [5, 5.41) is 11.1. The van der Waals surface area contributed by atoms with Crippen molar-refractivity contribution in [3.05, 3.63) is 29.4 Å². The van der Waals surface area contributed by atoms with Crippen molar-refractivity contribution in [3.63, 3.8) is 0 Å². The number of fused-ring (bicyclic) bond motifs is 1. The van der Waals surface area contributed by atoms with Gasteiger partial charge in [0.25, 0.3) is 0 Å². The Balaban J connectivity index is 2.05. The predicted octanol–water partition coefficient (Wildman–Crippen LogP) is 4.05. The van der Waals surface area contributed by atoms with Crippen molar-refractivity contribution in [2.24, 2.45) is 0 Å². The van der Waals surface area contributed by atoms with Gasteiger partial charge in [-0.05, 0) is 19.3 Å². The number of benzene rings is 1. The van der Waals surface area contributed by atoms with Crippen LogP contribution >= 0.6 is 11.6 Å². The van der Waals surface area contributed by atoms with Crippen molar-refractivity contribution in [2.45, 2.75) is 38.6 Å². The van der Waals surface area contributed by atoms with Crippen LogP contribution in [0.4, 0.5) is 5.82 Å². The molecular weight excluding hydrogens is 258 g/mol. The second-order valence-electron chi connectivity index (χ2n) is 5.14. The SMILES string of the molecule is CCCCN(c1nnc(Cl)c2ccccc12)C1CC1. The summed E-state index contributed by atoms with van der Waals surface area (Å²) in [6.45, 7) is 3.28. The van der Waals surface area contributed by atoms with Crippen molar-refractivity contribution in [1.29, 1.82) is 0 Å². The third-order valence-electron chi connectivity index (χ3n) is 3.64. The lowest BCUT2D eigenvalue weighted by Gasteiger charge is -2.24. The second-order valence-corrected chi connectivity index (χ2v) is 5.50. The Labute approximate surface area is 118 Å². The summed E-state index contributed by atoms with van der Waals surface area (Å²) in [5.41, 5.74) is 0. The van der Waals surface area contributed by atoms with Gasteiger partial charge in [0.15, 0.2) is 11.0 Å². The fraction of sp³-hybridized carbons (Fsp3) is 0.467. The topological polar surface area (TPSA) is 29.0 Å². The van der Waals surface area contributed by atoms with Gasteiger partial charge in [0.05, 0.1) is 0 Å². The van der Waals surface area contributed by atoms with Gasteiger partial charge >= 0.3 is 0 Å². The van der Waals surface area contributed by atoms with E-state index in [9.17, 15) is 0 Å². The molecule has 1 aliphatic rings. The third-order valence-corrected chi connectivity index (χ3v) is 3.91. The van der Waals surface area contributed by atoms with Crippen molar-refractivity contribution >= 4 is 28.2 Å². The molecule has 2 aromatic rings. The average molecular weight is 276 g/mol. The van der Waals surface area contributed by atoms with Crippen LogP contribution in [-0.2, 0) is 0 Å². The standard InChI is InChI=1S/C15H18ClN3/c1-2-3-10-19(11-8-9-11)15-13-7-5-4-6-12(13)14(16)17-18-15/h4-7,11H,2-3,8-10H2,1H3. The molecule has 1 aromatic heterocycles. The minimum absolute atomic E-state index is 0.491. The maximum atomic E-state index is 6.14. The van der Waals surface area contributed by atoms with Gasteiger partial charge in [0, 0.05) is 23.4 Å². The van der Waals surface area contributed by atoms with Crippen LogP contribution < -0.4 is 4.90 Å². The number of aromatic nitrogens is 2. The van der Waals surface area contributed by atoms with Gasteiger partial charge in [-0.15, -0.1) is 10.2 Å². The van der Waals surface area contributed by atoms with Crippen LogP contribution in [0.5, 0.6) is 0 Å². The zero-order valence-corrected chi connectivity index (χ0v) is 11.9. The minimum atomic E-state index is 0.491. The first kappa shape index (κ1) is 12.7. The molecule has 100 valence electrons. The van der Waals surface area contributed by atoms with Crippen LogP contribution in [-0.4, -0.2) is 22.8 Å². The fourth-order valence-electron chi connectivity index (χ4n) is 2.45. The summed E-state index contributed by atoms with van der Waals surface area (Å²) >= 11 is 6.14. The highest BCUT2D eigenvalue weighted by Gasteiger charge is 2.30. The smallest absolute Gasteiger partial charge is 0.159 e. The summed E-state index contributed by atoms with van der Waals surface area (Å²) in [6, 6.07) is 8.78. The van der Waals surface area contributed by atoms with Crippen molar-refractivity contribution in [3.8, 4) is 0 Å². The number of hydrogen-bond donors (Lipinski definition) is 0. The molecule has 0 atom stereocenters. The van der Waals surface area contributed by atoms with Gasteiger partial charge < -0.3 is 4.90 Å². The lowest BCUT2D eigenvalue weighted by molar-refractivity contribution is 0.702. The molecule has 1 aromatic carbocycles. The highest BCUT2D eigenvalue weighted by atomic mass is 35.5. The van der Waals surface area contributed by atoms with E-state index in [1.807, 2.05) is 18.2 Å². The van der Waals surface area contributed by atoms with Gasteiger partial charge in [-0.2, -0.15) is 0 Å². The van der Waals surface area contributed by atoms with Crippen LogP contribution in [0, 0.1) is 0 Å². The van der Waals surface area contributed by atoms with Crippen molar-refractivity contribution in [2.75, 3.05) is 11.4 Å². The Hall–Kier alpha value is -1.35. The Morgan fingerprint density at radius 1 is 1.21 bits per heavy atom. The minimum Gasteiger partial charge on any atom is -0.352 e. The Morgan fingerprint density at radius 3 is 2.63 bits per heavy atom. The summed E-state index contributed by atoms with van der Waals surface area (Å²) in [7, 11) is 0. The van der Waals surface area contributed by atoms with Crippen LogP contribution in [0.15, 0.2) is 24.3 Å². The molecule has 0 unspecified atom stereocenters. The number of rotatable bonds is 5. The first-order valence-corrected chi connectivity index (χ1v) is 7.36. The quantitative estimate of drug-likeness (QED) is 0.824. The molecule has 0 radical (unpaired) electrons. The lowest BCUT2D eigenvalue weighted by atomic mass is 10.1. The van der Waals surface area contributed by atoms with Crippen molar-refractivity contribution in [1.82, 2.24) is 10.2 Å². The van der Waals surface area contributed by atoms with E-state index in [0.29, 0.717) is 11.2 Å².